The Labute approximate surface area is 109 Å². The molecule has 2 aromatic rings. The van der Waals surface area contributed by atoms with E-state index in [4.69, 9.17) is 16.9 Å². The first kappa shape index (κ1) is 12.0. The van der Waals surface area contributed by atoms with Gasteiger partial charge in [-0.05, 0) is 48.2 Å². The van der Waals surface area contributed by atoms with Gasteiger partial charge in [-0.1, -0.05) is 11.6 Å². The fraction of sp³-hybridized carbons (Fsp3) is 0.154. The summed E-state index contributed by atoms with van der Waals surface area (Å²) in [4.78, 5) is 0. The van der Waals surface area contributed by atoms with Crippen molar-refractivity contribution in [1.29, 1.82) is 5.26 Å². The molecule has 1 atom stereocenters. The van der Waals surface area contributed by atoms with Gasteiger partial charge in [0.1, 0.15) is 0 Å². The zero-order chi connectivity index (χ0) is 12.3. The normalized spacial score (nSPS) is 11.8. The highest BCUT2D eigenvalue weighted by Crippen LogP contribution is 2.27. The zero-order valence-corrected chi connectivity index (χ0v) is 10.8. The number of thiophene rings is 1. The molecule has 0 saturated carbocycles. The molecule has 1 unspecified atom stereocenters. The van der Waals surface area contributed by atoms with E-state index in [1.54, 1.807) is 12.1 Å². The summed E-state index contributed by atoms with van der Waals surface area (Å²) < 4.78 is 0.800. The molecule has 0 saturated heterocycles. The number of hydrogen-bond donors (Lipinski definition) is 1. The van der Waals surface area contributed by atoms with Gasteiger partial charge in [-0.3, -0.25) is 0 Å². The largest absolute Gasteiger partial charge is 0.378 e. The van der Waals surface area contributed by atoms with Crippen LogP contribution in [0.3, 0.4) is 0 Å². The lowest BCUT2D eigenvalue weighted by Crippen LogP contribution is -2.05. The van der Waals surface area contributed by atoms with Gasteiger partial charge in [0, 0.05) is 11.7 Å². The molecule has 0 amide bonds. The van der Waals surface area contributed by atoms with E-state index in [1.807, 2.05) is 23.6 Å². The van der Waals surface area contributed by atoms with Crippen molar-refractivity contribution in [3.8, 4) is 6.07 Å². The topological polar surface area (TPSA) is 35.8 Å². The number of halogens is 1. The summed E-state index contributed by atoms with van der Waals surface area (Å²) in [5.74, 6) is 0. The minimum absolute atomic E-state index is 0.201. The monoisotopic (exact) mass is 262 g/mol. The number of nitrogens with zero attached hydrogens (tertiary/aromatic N) is 1. The maximum absolute atomic E-state index is 8.71. The van der Waals surface area contributed by atoms with Gasteiger partial charge in [-0.2, -0.15) is 5.26 Å². The van der Waals surface area contributed by atoms with Crippen LogP contribution in [-0.4, -0.2) is 0 Å². The van der Waals surface area contributed by atoms with Crippen LogP contribution in [0.25, 0.3) is 0 Å². The fourth-order valence-corrected chi connectivity index (χ4v) is 2.51. The van der Waals surface area contributed by atoms with Crippen LogP contribution in [0, 0.1) is 11.3 Å². The first-order valence-electron chi connectivity index (χ1n) is 5.19. The zero-order valence-electron chi connectivity index (χ0n) is 9.27. The van der Waals surface area contributed by atoms with E-state index in [1.165, 1.54) is 16.9 Å². The summed E-state index contributed by atoms with van der Waals surface area (Å²) in [5, 5.41) is 14.1. The van der Waals surface area contributed by atoms with Crippen molar-refractivity contribution in [2.45, 2.75) is 13.0 Å². The summed E-state index contributed by atoms with van der Waals surface area (Å²) >= 11 is 7.43. The third-order valence-electron chi connectivity index (χ3n) is 2.48. The van der Waals surface area contributed by atoms with Crippen LogP contribution in [0.4, 0.5) is 5.69 Å². The first-order valence-corrected chi connectivity index (χ1v) is 6.45. The third kappa shape index (κ3) is 3.00. The molecule has 2 nitrogen and oxygen atoms in total. The van der Waals surface area contributed by atoms with Crippen LogP contribution in [0.5, 0.6) is 0 Å². The highest BCUT2D eigenvalue weighted by atomic mass is 35.5. The molecule has 0 spiro atoms. The molecule has 1 aromatic heterocycles. The number of anilines is 1. The van der Waals surface area contributed by atoms with Gasteiger partial charge in [-0.25, -0.2) is 0 Å². The molecule has 0 radical (unpaired) electrons. The van der Waals surface area contributed by atoms with Gasteiger partial charge in [0.05, 0.1) is 16.0 Å². The maximum Gasteiger partial charge on any atom is 0.0991 e. The SMILES string of the molecule is CC(Nc1ccc(C#N)cc1)c1csc(Cl)c1. The van der Waals surface area contributed by atoms with Crippen molar-refractivity contribution < 1.29 is 0 Å². The molecular weight excluding hydrogens is 252 g/mol. The van der Waals surface area contributed by atoms with Gasteiger partial charge in [0.15, 0.2) is 0 Å². The lowest BCUT2D eigenvalue weighted by Gasteiger charge is -2.13. The molecule has 0 aliphatic heterocycles. The minimum Gasteiger partial charge on any atom is -0.378 e. The molecule has 4 heteroatoms. The summed E-state index contributed by atoms with van der Waals surface area (Å²) in [6.07, 6.45) is 0. The van der Waals surface area contributed by atoms with E-state index >= 15 is 0 Å². The summed E-state index contributed by atoms with van der Waals surface area (Å²) in [5.41, 5.74) is 2.84. The Kier molecular flexibility index (Phi) is 3.68. The molecule has 2 rings (SSSR count). The van der Waals surface area contributed by atoms with Crippen LogP contribution >= 0.6 is 22.9 Å². The number of rotatable bonds is 3. The predicted molar refractivity (Wildman–Crippen MR) is 72.5 cm³/mol. The molecule has 0 aliphatic rings. The van der Waals surface area contributed by atoms with Crippen molar-refractivity contribution >= 4 is 28.6 Å². The van der Waals surface area contributed by atoms with Gasteiger partial charge < -0.3 is 5.32 Å². The third-order valence-corrected chi connectivity index (χ3v) is 3.59. The summed E-state index contributed by atoms with van der Waals surface area (Å²) in [6, 6.07) is 11.7. The lowest BCUT2D eigenvalue weighted by atomic mass is 10.1. The van der Waals surface area contributed by atoms with E-state index in [-0.39, 0.29) is 6.04 Å². The Morgan fingerprint density at radius 3 is 2.59 bits per heavy atom. The summed E-state index contributed by atoms with van der Waals surface area (Å²) in [7, 11) is 0. The Hall–Kier alpha value is -1.50. The molecule has 1 N–H and O–H groups in total. The summed E-state index contributed by atoms with van der Waals surface area (Å²) in [6.45, 7) is 2.08. The van der Waals surface area contributed by atoms with Crippen molar-refractivity contribution in [3.63, 3.8) is 0 Å². The molecule has 86 valence electrons. The number of hydrogen-bond acceptors (Lipinski definition) is 3. The van der Waals surface area contributed by atoms with Gasteiger partial charge in [0.2, 0.25) is 0 Å². The number of nitrogens with one attached hydrogen (secondary N) is 1. The van der Waals surface area contributed by atoms with Gasteiger partial charge in [-0.15, -0.1) is 11.3 Å². The molecular formula is C13H11ClN2S. The average molecular weight is 263 g/mol. The highest BCUT2D eigenvalue weighted by Gasteiger charge is 2.07. The van der Waals surface area contributed by atoms with Crippen molar-refractivity contribution in [2.24, 2.45) is 0 Å². The second-order valence-corrected chi connectivity index (χ2v) is 5.28. The second-order valence-electron chi connectivity index (χ2n) is 3.74. The minimum atomic E-state index is 0.201. The Morgan fingerprint density at radius 2 is 2.06 bits per heavy atom. The first-order chi connectivity index (χ1) is 8.19. The van der Waals surface area contributed by atoms with Crippen LogP contribution in [-0.2, 0) is 0 Å². The molecule has 17 heavy (non-hydrogen) atoms. The van der Waals surface area contributed by atoms with Gasteiger partial charge >= 0.3 is 0 Å². The fourth-order valence-electron chi connectivity index (χ4n) is 1.52. The van der Waals surface area contributed by atoms with Crippen LogP contribution in [0.2, 0.25) is 4.34 Å². The van der Waals surface area contributed by atoms with Gasteiger partial charge in [0.25, 0.3) is 0 Å². The Bertz CT molecular complexity index is 539. The quantitative estimate of drug-likeness (QED) is 0.887. The molecule has 0 fully saturated rings. The van der Waals surface area contributed by atoms with Crippen LogP contribution in [0.1, 0.15) is 24.1 Å². The molecule has 0 aliphatic carbocycles. The number of benzene rings is 1. The second kappa shape index (κ2) is 5.22. The van der Waals surface area contributed by atoms with E-state index in [2.05, 4.69) is 18.3 Å². The van der Waals surface area contributed by atoms with E-state index < -0.39 is 0 Å². The Balaban J connectivity index is 2.08. The van der Waals surface area contributed by atoms with Crippen LogP contribution in [0.15, 0.2) is 35.7 Å². The maximum atomic E-state index is 8.71. The highest BCUT2D eigenvalue weighted by molar-refractivity contribution is 7.14. The van der Waals surface area contributed by atoms with Crippen molar-refractivity contribution in [2.75, 3.05) is 5.32 Å². The van der Waals surface area contributed by atoms with E-state index in [9.17, 15) is 0 Å². The predicted octanol–water partition coefficient (Wildman–Crippen LogP) is 4.45. The standard InChI is InChI=1S/C13H11ClN2S/c1-9(11-6-13(14)17-8-11)16-12-4-2-10(7-15)3-5-12/h2-6,8-9,16H,1H3. The van der Waals surface area contributed by atoms with Crippen molar-refractivity contribution in [1.82, 2.24) is 0 Å². The molecule has 1 aromatic carbocycles. The smallest absolute Gasteiger partial charge is 0.0991 e. The Morgan fingerprint density at radius 1 is 1.35 bits per heavy atom. The average Bonchev–Trinajstić information content (AvgIpc) is 2.77. The van der Waals surface area contributed by atoms with Crippen molar-refractivity contribution in [3.05, 3.63) is 51.2 Å². The molecule has 1 heterocycles. The van der Waals surface area contributed by atoms with E-state index in [0.717, 1.165) is 10.0 Å². The van der Waals surface area contributed by atoms with Crippen LogP contribution < -0.4 is 5.32 Å². The number of nitriles is 1. The van der Waals surface area contributed by atoms with E-state index in [0.29, 0.717) is 5.56 Å². The molecule has 0 bridgehead atoms. The lowest BCUT2D eigenvalue weighted by molar-refractivity contribution is 0.890.